The molecular weight excluding hydrogens is 364 g/mol. The van der Waals surface area contributed by atoms with Gasteiger partial charge >= 0.3 is 0 Å². The molecule has 0 amide bonds. The lowest BCUT2D eigenvalue weighted by atomic mass is 9.87. The van der Waals surface area contributed by atoms with Crippen LogP contribution in [0.3, 0.4) is 0 Å². The predicted octanol–water partition coefficient (Wildman–Crippen LogP) is 5.96. The molecule has 2 aliphatic rings. The zero-order valence-electron chi connectivity index (χ0n) is 18.8. The zero-order chi connectivity index (χ0) is 20.9. The number of hydrogen-bond donors (Lipinski definition) is 1. The average molecular weight is 409 g/mol. The first-order chi connectivity index (χ1) is 14.2. The maximum absolute atomic E-state index is 12.3. The fraction of sp³-hybridized carbons (Fsp3) is 0.880. The number of unbranched alkanes of at least 4 members (excludes halogenated alkanes) is 6. The minimum atomic E-state index is -0.348. The summed E-state index contributed by atoms with van der Waals surface area (Å²) in [7, 11) is 0. The fourth-order valence-electron chi connectivity index (χ4n) is 4.75. The zero-order valence-corrected chi connectivity index (χ0v) is 18.8. The number of ether oxygens (including phenoxy) is 2. The van der Waals surface area contributed by atoms with Gasteiger partial charge in [-0.1, -0.05) is 64.9 Å². The van der Waals surface area contributed by atoms with Crippen molar-refractivity contribution in [1.29, 1.82) is 0 Å². The van der Waals surface area contributed by atoms with Crippen LogP contribution in [0, 0.1) is 11.8 Å². The van der Waals surface area contributed by atoms with Crippen LogP contribution >= 0.6 is 0 Å². The minimum absolute atomic E-state index is 0.0477. The maximum atomic E-state index is 12.3. The van der Waals surface area contributed by atoms with Crippen molar-refractivity contribution in [2.45, 2.75) is 122 Å². The Kier molecular flexibility index (Phi) is 12.1. The van der Waals surface area contributed by atoms with Gasteiger partial charge in [-0.25, -0.2) is 0 Å². The molecule has 1 aliphatic heterocycles. The van der Waals surface area contributed by atoms with Crippen LogP contribution in [0.25, 0.3) is 0 Å². The monoisotopic (exact) mass is 408 g/mol. The van der Waals surface area contributed by atoms with E-state index in [2.05, 4.69) is 19.9 Å². The molecule has 1 saturated heterocycles. The Bertz CT molecular complexity index is 469. The summed E-state index contributed by atoms with van der Waals surface area (Å²) in [5.74, 6) is 0.496. The third-order valence-corrected chi connectivity index (χ3v) is 6.53. The van der Waals surface area contributed by atoms with Gasteiger partial charge in [-0.15, -0.1) is 0 Å². The number of aliphatic hydroxyl groups excluding tert-OH is 1. The van der Waals surface area contributed by atoms with Crippen LogP contribution in [0.5, 0.6) is 0 Å². The first-order valence-electron chi connectivity index (χ1n) is 12.3. The van der Waals surface area contributed by atoms with E-state index in [9.17, 15) is 9.90 Å². The van der Waals surface area contributed by atoms with Crippen LogP contribution in [0.15, 0.2) is 12.2 Å². The maximum Gasteiger partial charge on any atom is 0.157 e. The standard InChI is InChI=1S/C25H44O4/c1-3-5-7-8-10-14-21-22(17-16-20(26)13-9-6-4-2)24(19-23(21)27)29-25-15-11-12-18-28-25/h16-17,21-25,27H,3-15,18-19H2,1-2H3/b17-16+/t21?,22-,23?,24?,25?/m1/s1. The van der Waals surface area contributed by atoms with Crippen molar-refractivity contribution in [3.05, 3.63) is 12.2 Å². The number of allylic oxidation sites excluding steroid dienone is 1. The number of carbonyl (C=O) groups is 1. The van der Waals surface area contributed by atoms with Crippen molar-refractivity contribution in [1.82, 2.24) is 0 Å². The Labute approximate surface area is 178 Å². The lowest BCUT2D eigenvalue weighted by Crippen LogP contribution is -2.30. The van der Waals surface area contributed by atoms with Crippen LogP contribution in [0.2, 0.25) is 0 Å². The van der Waals surface area contributed by atoms with E-state index in [4.69, 9.17) is 9.47 Å². The molecule has 4 heteroatoms. The molecule has 1 heterocycles. The molecule has 0 aromatic rings. The molecule has 5 atom stereocenters. The van der Waals surface area contributed by atoms with E-state index < -0.39 is 0 Å². The first-order valence-corrected chi connectivity index (χ1v) is 12.3. The highest BCUT2D eigenvalue weighted by Crippen LogP contribution is 2.40. The molecule has 0 aromatic carbocycles. The van der Waals surface area contributed by atoms with Crippen LogP contribution in [0.4, 0.5) is 0 Å². The highest BCUT2D eigenvalue weighted by atomic mass is 16.7. The molecule has 4 unspecified atom stereocenters. The second-order valence-electron chi connectivity index (χ2n) is 9.00. The average Bonchev–Trinajstić information content (AvgIpc) is 3.01. The van der Waals surface area contributed by atoms with Crippen molar-refractivity contribution in [2.75, 3.05) is 6.61 Å². The van der Waals surface area contributed by atoms with E-state index in [0.29, 0.717) is 12.8 Å². The van der Waals surface area contributed by atoms with E-state index >= 15 is 0 Å². The normalized spacial score (nSPS) is 30.2. The molecular formula is C25H44O4. The van der Waals surface area contributed by atoms with Gasteiger partial charge in [-0.3, -0.25) is 4.79 Å². The van der Waals surface area contributed by atoms with E-state index in [0.717, 1.165) is 58.0 Å². The summed E-state index contributed by atoms with van der Waals surface area (Å²) in [6.45, 7) is 5.15. The van der Waals surface area contributed by atoms with Crippen LogP contribution < -0.4 is 0 Å². The third kappa shape index (κ3) is 8.90. The SMILES string of the molecule is CCCCCCCC1C(O)CC(OC2CCCCO2)[C@@H]1/C=C/C(=O)CCCCC. The predicted molar refractivity (Wildman–Crippen MR) is 118 cm³/mol. The van der Waals surface area contributed by atoms with Crippen molar-refractivity contribution >= 4 is 5.78 Å². The number of hydrogen-bond acceptors (Lipinski definition) is 4. The van der Waals surface area contributed by atoms with E-state index in [1.165, 1.54) is 25.7 Å². The second kappa shape index (κ2) is 14.3. The number of ketones is 1. The Morgan fingerprint density at radius 2 is 1.83 bits per heavy atom. The molecule has 2 rings (SSSR count). The number of aliphatic hydroxyl groups is 1. The molecule has 0 radical (unpaired) electrons. The molecule has 29 heavy (non-hydrogen) atoms. The fourth-order valence-corrected chi connectivity index (χ4v) is 4.75. The molecule has 4 nitrogen and oxygen atoms in total. The summed E-state index contributed by atoms with van der Waals surface area (Å²) in [6, 6.07) is 0. The summed E-state index contributed by atoms with van der Waals surface area (Å²) in [5.41, 5.74) is 0. The Morgan fingerprint density at radius 3 is 2.55 bits per heavy atom. The number of rotatable bonds is 14. The van der Waals surface area contributed by atoms with Gasteiger partial charge in [0.15, 0.2) is 12.1 Å². The van der Waals surface area contributed by atoms with Crippen LogP contribution in [-0.2, 0) is 14.3 Å². The molecule has 0 spiro atoms. The molecule has 1 aliphatic carbocycles. The van der Waals surface area contributed by atoms with Gasteiger partial charge in [0.2, 0.25) is 0 Å². The third-order valence-electron chi connectivity index (χ3n) is 6.53. The number of carbonyl (C=O) groups excluding carboxylic acids is 1. The lowest BCUT2D eigenvalue weighted by Gasteiger charge is -2.29. The highest BCUT2D eigenvalue weighted by molar-refractivity contribution is 5.89. The topological polar surface area (TPSA) is 55.8 Å². The molecule has 1 N–H and O–H groups in total. The smallest absolute Gasteiger partial charge is 0.157 e. The minimum Gasteiger partial charge on any atom is -0.393 e. The Hall–Kier alpha value is -0.710. The summed E-state index contributed by atoms with van der Waals surface area (Å²) in [4.78, 5) is 12.3. The van der Waals surface area contributed by atoms with Crippen molar-refractivity contribution in [3.63, 3.8) is 0 Å². The molecule has 2 fully saturated rings. The van der Waals surface area contributed by atoms with Gasteiger partial charge in [0.1, 0.15) is 0 Å². The molecule has 0 bridgehead atoms. The molecule has 1 saturated carbocycles. The van der Waals surface area contributed by atoms with Gasteiger partial charge < -0.3 is 14.6 Å². The van der Waals surface area contributed by atoms with Gasteiger partial charge in [0.25, 0.3) is 0 Å². The van der Waals surface area contributed by atoms with Gasteiger partial charge in [0, 0.05) is 25.4 Å². The van der Waals surface area contributed by atoms with E-state index in [-0.39, 0.29) is 36.1 Å². The summed E-state index contributed by atoms with van der Waals surface area (Å²) < 4.78 is 12.1. The first kappa shape index (κ1) is 24.6. The lowest BCUT2D eigenvalue weighted by molar-refractivity contribution is -0.193. The van der Waals surface area contributed by atoms with Crippen molar-refractivity contribution in [3.8, 4) is 0 Å². The Morgan fingerprint density at radius 1 is 1.07 bits per heavy atom. The van der Waals surface area contributed by atoms with Gasteiger partial charge in [0.05, 0.1) is 12.2 Å². The largest absolute Gasteiger partial charge is 0.393 e. The summed E-state index contributed by atoms with van der Waals surface area (Å²) in [5, 5.41) is 10.8. The highest BCUT2D eigenvalue weighted by Gasteiger charge is 2.42. The molecule has 168 valence electrons. The second-order valence-corrected chi connectivity index (χ2v) is 9.00. The van der Waals surface area contributed by atoms with Crippen LogP contribution in [-0.4, -0.2) is 36.0 Å². The van der Waals surface area contributed by atoms with Crippen molar-refractivity contribution in [2.24, 2.45) is 11.8 Å². The van der Waals surface area contributed by atoms with Gasteiger partial charge in [-0.05, 0) is 44.1 Å². The Balaban J connectivity index is 1.95. The summed E-state index contributed by atoms with van der Waals surface area (Å²) >= 11 is 0. The van der Waals surface area contributed by atoms with Gasteiger partial charge in [-0.2, -0.15) is 0 Å². The van der Waals surface area contributed by atoms with E-state index in [1.54, 1.807) is 6.08 Å². The van der Waals surface area contributed by atoms with Crippen molar-refractivity contribution < 1.29 is 19.4 Å². The van der Waals surface area contributed by atoms with Crippen LogP contribution in [0.1, 0.15) is 104 Å². The van der Waals surface area contributed by atoms with E-state index in [1.807, 2.05) is 0 Å². The molecule has 0 aromatic heterocycles. The quantitative estimate of drug-likeness (QED) is 0.284. The summed E-state index contributed by atoms with van der Waals surface area (Å²) in [6.07, 6.45) is 18.1.